The summed E-state index contributed by atoms with van der Waals surface area (Å²) in [6.07, 6.45) is 5.04. The second-order valence-corrected chi connectivity index (χ2v) is 9.11. The Kier molecular flexibility index (Phi) is 7.73. The van der Waals surface area contributed by atoms with E-state index in [0.717, 1.165) is 36.8 Å². The zero-order valence-electron chi connectivity index (χ0n) is 19.9. The Labute approximate surface area is 200 Å². The van der Waals surface area contributed by atoms with Crippen LogP contribution < -0.4 is 9.47 Å². The minimum absolute atomic E-state index is 0.180. The minimum atomic E-state index is -1.33. The first-order chi connectivity index (χ1) is 16.4. The zero-order valence-corrected chi connectivity index (χ0v) is 19.9. The molecule has 0 atom stereocenters. The van der Waals surface area contributed by atoms with Crippen LogP contribution in [0.5, 0.6) is 11.5 Å². The first kappa shape index (κ1) is 24.5. The van der Waals surface area contributed by atoms with Gasteiger partial charge in [-0.05, 0) is 67.6 Å². The lowest BCUT2D eigenvalue weighted by atomic mass is 9.93. The van der Waals surface area contributed by atoms with Crippen LogP contribution in [0.15, 0.2) is 30.3 Å². The van der Waals surface area contributed by atoms with Gasteiger partial charge >= 0.3 is 5.97 Å². The van der Waals surface area contributed by atoms with Crippen LogP contribution >= 0.6 is 0 Å². The molecule has 34 heavy (non-hydrogen) atoms. The highest BCUT2D eigenvalue weighted by Gasteiger charge is 2.43. The van der Waals surface area contributed by atoms with Crippen LogP contribution in [0, 0.1) is 12.7 Å². The highest BCUT2D eigenvalue weighted by atomic mass is 19.1. The summed E-state index contributed by atoms with van der Waals surface area (Å²) in [6, 6.07) is 8.76. The molecule has 0 amide bonds. The summed E-state index contributed by atoms with van der Waals surface area (Å²) >= 11 is 0. The van der Waals surface area contributed by atoms with Crippen LogP contribution in [0.3, 0.4) is 0 Å². The van der Waals surface area contributed by atoms with Gasteiger partial charge in [0.25, 0.3) is 0 Å². The predicted molar refractivity (Wildman–Crippen MR) is 126 cm³/mol. The Bertz CT molecular complexity index is 1010. The highest BCUT2D eigenvalue weighted by molar-refractivity contribution is 5.78. The fourth-order valence-corrected chi connectivity index (χ4v) is 4.76. The number of aryl methyl sites for hydroxylation is 1. The van der Waals surface area contributed by atoms with Gasteiger partial charge in [0.15, 0.2) is 11.6 Å². The average Bonchev–Trinajstić information content (AvgIpc) is 3.34. The van der Waals surface area contributed by atoms with E-state index in [2.05, 4.69) is 0 Å². The molecule has 2 aromatic carbocycles. The van der Waals surface area contributed by atoms with E-state index >= 15 is 4.39 Å². The number of ether oxygens (including phenoxy) is 4. The van der Waals surface area contributed by atoms with Gasteiger partial charge in [-0.25, -0.2) is 9.18 Å². The molecule has 2 aromatic rings. The average molecular weight is 473 g/mol. The van der Waals surface area contributed by atoms with Crippen molar-refractivity contribution in [2.45, 2.75) is 70.7 Å². The van der Waals surface area contributed by atoms with E-state index in [9.17, 15) is 9.90 Å². The molecule has 4 rings (SSSR count). The van der Waals surface area contributed by atoms with E-state index in [4.69, 9.17) is 18.9 Å². The molecule has 0 spiro atoms. The van der Waals surface area contributed by atoms with E-state index in [-0.39, 0.29) is 31.3 Å². The Balaban J connectivity index is 1.71. The van der Waals surface area contributed by atoms with Crippen molar-refractivity contribution in [2.24, 2.45) is 0 Å². The third-order valence-electron chi connectivity index (χ3n) is 6.63. The fourth-order valence-electron chi connectivity index (χ4n) is 4.76. The first-order valence-electron chi connectivity index (χ1n) is 12.1. The molecule has 1 heterocycles. The molecule has 1 aliphatic heterocycles. The normalized spacial score (nSPS) is 18.1. The standard InChI is InChI=1S/C27H33FO6/c1-3-32-24-15-18(2)14-23(25(24)28)22-9-8-21(16-19(22)17-33-20-6-4-5-7-20)34-27(26(29)30)10-12-31-13-11-27/h8-9,14-16,20H,3-7,10-13,17H2,1-2H3,(H,29,30). The van der Waals surface area contributed by atoms with Gasteiger partial charge in [-0.1, -0.05) is 18.9 Å². The van der Waals surface area contributed by atoms with E-state index < -0.39 is 17.4 Å². The van der Waals surface area contributed by atoms with Crippen molar-refractivity contribution >= 4 is 5.97 Å². The number of halogens is 1. The van der Waals surface area contributed by atoms with Crippen LogP contribution in [0.2, 0.25) is 0 Å². The van der Waals surface area contributed by atoms with Gasteiger partial charge < -0.3 is 24.1 Å². The number of aliphatic carboxylic acids is 1. The van der Waals surface area contributed by atoms with Crippen molar-refractivity contribution in [3.63, 3.8) is 0 Å². The SMILES string of the molecule is CCOc1cc(C)cc(-c2ccc(OC3(C(=O)O)CCOCC3)cc2COC2CCCC2)c1F. The molecule has 2 aliphatic rings. The van der Waals surface area contributed by atoms with E-state index in [1.807, 2.05) is 13.8 Å². The molecule has 1 saturated carbocycles. The second kappa shape index (κ2) is 10.7. The molecule has 2 fully saturated rings. The van der Waals surface area contributed by atoms with Gasteiger partial charge in [0, 0.05) is 18.4 Å². The number of hydrogen-bond donors (Lipinski definition) is 1. The summed E-state index contributed by atoms with van der Waals surface area (Å²) in [4.78, 5) is 12.1. The Morgan fingerprint density at radius 1 is 1.15 bits per heavy atom. The van der Waals surface area contributed by atoms with Gasteiger partial charge in [0.2, 0.25) is 5.60 Å². The Morgan fingerprint density at radius 3 is 2.56 bits per heavy atom. The smallest absolute Gasteiger partial charge is 0.348 e. The summed E-state index contributed by atoms with van der Waals surface area (Å²) in [5.74, 6) is -0.784. The second-order valence-electron chi connectivity index (χ2n) is 9.11. The monoisotopic (exact) mass is 472 g/mol. The summed E-state index contributed by atoms with van der Waals surface area (Å²) in [5, 5.41) is 9.88. The van der Waals surface area contributed by atoms with Crippen LogP contribution in [0.1, 0.15) is 56.6 Å². The van der Waals surface area contributed by atoms with Crippen LogP contribution in [0.4, 0.5) is 4.39 Å². The van der Waals surface area contributed by atoms with Gasteiger partial charge in [-0.2, -0.15) is 0 Å². The largest absolute Gasteiger partial charge is 0.491 e. The fraction of sp³-hybridized carbons (Fsp3) is 0.519. The summed E-state index contributed by atoms with van der Waals surface area (Å²) < 4.78 is 38.5. The summed E-state index contributed by atoms with van der Waals surface area (Å²) in [7, 11) is 0. The van der Waals surface area contributed by atoms with Crippen molar-refractivity contribution in [2.75, 3.05) is 19.8 Å². The van der Waals surface area contributed by atoms with E-state index in [1.165, 1.54) is 0 Å². The molecule has 184 valence electrons. The molecule has 0 unspecified atom stereocenters. The van der Waals surface area contributed by atoms with Gasteiger partial charge in [0.1, 0.15) is 5.75 Å². The number of carboxylic acid groups (broad SMARTS) is 1. The minimum Gasteiger partial charge on any atom is -0.491 e. The highest BCUT2D eigenvalue weighted by Crippen LogP contribution is 2.37. The van der Waals surface area contributed by atoms with Crippen molar-refractivity contribution in [3.05, 3.63) is 47.3 Å². The number of rotatable bonds is 9. The van der Waals surface area contributed by atoms with Crippen LogP contribution in [-0.2, 0) is 20.9 Å². The maximum atomic E-state index is 15.4. The Hall–Kier alpha value is -2.64. The molecular weight excluding hydrogens is 439 g/mol. The zero-order chi connectivity index (χ0) is 24.1. The molecule has 1 N–H and O–H groups in total. The third-order valence-corrected chi connectivity index (χ3v) is 6.63. The molecule has 0 bridgehead atoms. The van der Waals surface area contributed by atoms with Crippen LogP contribution in [-0.4, -0.2) is 42.6 Å². The number of benzene rings is 2. The quantitative estimate of drug-likeness (QED) is 0.507. The molecule has 7 heteroatoms. The van der Waals surface area contributed by atoms with Crippen molar-refractivity contribution in [1.82, 2.24) is 0 Å². The molecule has 1 saturated heterocycles. The maximum Gasteiger partial charge on any atom is 0.348 e. The molecule has 6 nitrogen and oxygen atoms in total. The topological polar surface area (TPSA) is 74.2 Å². The number of carbonyl (C=O) groups is 1. The lowest BCUT2D eigenvalue weighted by Gasteiger charge is -2.33. The predicted octanol–water partition coefficient (Wildman–Crippen LogP) is 5.67. The molecule has 0 radical (unpaired) electrons. The van der Waals surface area contributed by atoms with E-state index in [0.29, 0.717) is 36.7 Å². The third kappa shape index (κ3) is 5.36. The molecular formula is C27H33FO6. The summed E-state index contributed by atoms with van der Waals surface area (Å²) in [6.45, 7) is 5.04. The summed E-state index contributed by atoms with van der Waals surface area (Å²) in [5.41, 5.74) is 1.42. The van der Waals surface area contributed by atoms with Gasteiger partial charge in [0.05, 0.1) is 32.5 Å². The van der Waals surface area contributed by atoms with Crippen LogP contribution in [0.25, 0.3) is 11.1 Å². The van der Waals surface area contributed by atoms with Gasteiger partial charge in [-0.15, -0.1) is 0 Å². The van der Waals surface area contributed by atoms with Crippen molar-refractivity contribution in [3.8, 4) is 22.6 Å². The van der Waals surface area contributed by atoms with E-state index in [1.54, 1.807) is 30.3 Å². The van der Waals surface area contributed by atoms with Crippen molar-refractivity contribution in [1.29, 1.82) is 0 Å². The van der Waals surface area contributed by atoms with Gasteiger partial charge in [-0.3, -0.25) is 0 Å². The van der Waals surface area contributed by atoms with Crippen molar-refractivity contribution < 1.29 is 33.2 Å². The molecule has 1 aliphatic carbocycles. The lowest BCUT2D eigenvalue weighted by molar-refractivity contribution is -0.163. The number of hydrogen-bond acceptors (Lipinski definition) is 5. The number of carboxylic acids is 1. The Morgan fingerprint density at radius 2 is 1.88 bits per heavy atom. The lowest BCUT2D eigenvalue weighted by Crippen LogP contribution is -2.49. The maximum absolute atomic E-state index is 15.4. The first-order valence-corrected chi connectivity index (χ1v) is 12.1. The molecule has 0 aromatic heterocycles.